The minimum absolute atomic E-state index is 0.427. The van der Waals surface area contributed by atoms with Gasteiger partial charge in [-0.3, -0.25) is 14.9 Å². The van der Waals surface area contributed by atoms with E-state index >= 15 is 0 Å². The van der Waals surface area contributed by atoms with Gasteiger partial charge in [-0.2, -0.15) is 0 Å². The smallest absolute Gasteiger partial charge is 0.0755 e. The molecule has 0 radical (unpaired) electrons. The van der Waals surface area contributed by atoms with Gasteiger partial charge in [0.2, 0.25) is 0 Å². The van der Waals surface area contributed by atoms with Crippen molar-refractivity contribution >= 4 is 0 Å². The lowest BCUT2D eigenvalue weighted by Gasteiger charge is -2.22. The third-order valence-corrected chi connectivity index (χ3v) is 2.70. The molecule has 1 aromatic heterocycles. The summed E-state index contributed by atoms with van der Waals surface area (Å²) in [6.45, 7) is 4.62. The molecule has 0 saturated carbocycles. The quantitative estimate of drug-likeness (QED) is 0.687. The highest BCUT2D eigenvalue weighted by Crippen LogP contribution is 2.21. The highest BCUT2D eigenvalue weighted by Gasteiger charge is 2.19. The van der Waals surface area contributed by atoms with E-state index in [0.717, 1.165) is 5.69 Å². The van der Waals surface area contributed by atoms with Gasteiger partial charge in [0, 0.05) is 18.6 Å². The molecule has 1 unspecified atom stereocenters. The molecule has 3 nitrogen and oxygen atoms in total. The molecule has 0 aromatic carbocycles. The number of aromatic nitrogens is 2. The van der Waals surface area contributed by atoms with Crippen molar-refractivity contribution in [2.24, 2.45) is 0 Å². The minimum Gasteiger partial charge on any atom is -0.295 e. The Labute approximate surface area is 78.8 Å². The first-order valence-electron chi connectivity index (χ1n) is 4.88. The van der Waals surface area contributed by atoms with Gasteiger partial charge in [-0.1, -0.05) is 0 Å². The topological polar surface area (TPSA) is 29.0 Å². The SMILES string of the molecule is CC(c1cnccn1)N1CCCC1. The summed E-state index contributed by atoms with van der Waals surface area (Å²) in [5.41, 5.74) is 1.09. The molecule has 0 N–H and O–H groups in total. The molecule has 0 aliphatic carbocycles. The van der Waals surface area contributed by atoms with Crippen molar-refractivity contribution in [1.82, 2.24) is 14.9 Å². The Morgan fingerprint density at radius 1 is 1.31 bits per heavy atom. The molecule has 70 valence electrons. The van der Waals surface area contributed by atoms with E-state index in [2.05, 4.69) is 21.8 Å². The first-order chi connectivity index (χ1) is 6.38. The predicted molar refractivity (Wildman–Crippen MR) is 51.3 cm³/mol. The molecule has 1 aliphatic heterocycles. The third-order valence-electron chi connectivity index (χ3n) is 2.70. The molecular weight excluding hydrogens is 162 g/mol. The first-order valence-corrected chi connectivity index (χ1v) is 4.88. The van der Waals surface area contributed by atoms with Crippen LogP contribution in [0.1, 0.15) is 31.5 Å². The Balaban J connectivity index is 2.08. The summed E-state index contributed by atoms with van der Waals surface area (Å²) >= 11 is 0. The average molecular weight is 177 g/mol. The van der Waals surface area contributed by atoms with Gasteiger partial charge in [0.25, 0.3) is 0 Å². The second-order valence-electron chi connectivity index (χ2n) is 3.55. The maximum Gasteiger partial charge on any atom is 0.0755 e. The lowest BCUT2D eigenvalue weighted by molar-refractivity contribution is 0.258. The summed E-state index contributed by atoms with van der Waals surface area (Å²) in [5.74, 6) is 0. The van der Waals surface area contributed by atoms with Crippen LogP contribution >= 0.6 is 0 Å². The highest BCUT2D eigenvalue weighted by molar-refractivity contribution is 5.01. The van der Waals surface area contributed by atoms with E-state index in [4.69, 9.17) is 0 Å². The fourth-order valence-corrected chi connectivity index (χ4v) is 1.84. The summed E-state index contributed by atoms with van der Waals surface area (Å²) < 4.78 is 0. The molecule has 2 rings (SSSR count). The molecule has 1 atom stereocenters. The molecule has 0 amide bonds. The van der Waals surface area contributed by atoms with Crippen LogP contribution in [0.4, 0.5) is 0 Å². The molecule has 1 aliphatic rings. The molecule has 0 spiro atoms. The van der Waals surface area contributed by atoms with Crippen molar-refractivity contribution in [1.29, 1.82) is 0 Å². The molecule has 1 aromatic rings. The fraction of sp³-hybridized carbons (Fsp3) is 0.600. The average Bonchev–Trinajstić information content (AvgIpc) is 2.71. The zero-order valence-electron chi connectivity index (χ0n) is 7.98. The summed E-state index contributed by atoms with van der Waals surface area (Å²) in [4.78, 5) is 10.9. The standard InChI is InChI=1S/C10H15N3/c1-9(13-6-2-3-7-13)10-8-11-4-5-12-10/h4-5,8-9H,2-3,6-7H2,1H3. The highest BCUT2D eigenvalue weighted by atomic mass is 15.2. The monoisotopic (exact) mass is 177 g/mol. The lowest BCUT2D eigenvalue weighted by Crippen LogP contribution is -2.23. The van der Waals surface area contributed by atoms with Crippen LogP contribution in [0.15, 0.2) is 18.6 Å². The van der Waals surface area contributed by atoms with E-state index < -0.39 is 0 Å². The van der Waals surface area contributed by atoms with Gasteiger partial charge in [-0.15, -0.1) is 0 Å². The summed E-state index contributed by atoms with van der Waals surface area (Å²) in [5, 5.41) is 0. The van der Waals surface area contributed by atoms with Crippen LogP contribution in [0.3, 0.4) is 0 Å². The van der Waals surface area contributed by atoms with Gasteiger partial charge in [-0.05, 0) is 32.9 Å². The number of rotatable bonds is 2. The van der Waals surface area contributed by atoms with Crippen molar-refractivity contribution in [3.8, 4) is 0 Å². The number of likely N-dealkylation sites (tertiary alicyclic amines) is 1. The van der Waals surface area contributed by atoms with Crippen molar-refractivity contribution in [3.05, 3.63) is 24.3 Å². The molecular formula is C10H15N3. The fourth-order valence-electron chi connectivity index (χ4n) is 1.84. The van der Waals surface area contributed by atoms with Crippen molar-refractivity contribution in [2.75, 3.05) is 13.1 Å². The van der Waals surface area contributed by atoms with Gasteiger partial charge >= 0.3 is 0 Å². The predicted octanol–water partition coefficient (Wildman–Crippen LogP) is 1.63. The van der Waals surface area contributed by atoms with Gasteiger partial charge in [0.15, 0.2) is 0 Å². The molecule has 1 saturated heterocycles. The summed E-state index contributed by atoms with van der Waals surface area (Å²) in [6, 6.07) is 0.427. The molecule has 2 heterocycles. The van der Waals surface area contributed by atoms with Crippen LogP contribution in [0.5, 0.6) is 0 Å². The Kier molecular flexibility index (Phi) is 2.54. The van der Waals surface area contributed by atoms with E-state index in [1.807, 2.05) is 6.20 Å². The van der Waals surface area contributed by atoms with E-state index in [9.17, 15) is 0 Å². The van der Waals surface area contributed by atoms with E-state index in [-0.39, 0.29) is 0 Å². The lowest BCUT2D eigenvalue weighted by atomic mass is 10.2. The van der Waals surface area contributed by atoms with Gasteiger partial charge in [0.05, 0.1) is 11.7 Å². The summed E-state index contributed by atoms with van der Waals surface area (Å²) in [6.07, 6.45) is 8.00. The number of hydrogen-bond donors (Lipinski definition) is 0. The normalized spacial score (nSPS) is 20.4. The molecule has 13 heavy (non-hydrogen) atoms. The van der Waals surface area contributed by atoms with Crippen LogP contribution in [-0.2, 0) is 0 Å². The van der Waals surface area contributed by atoms with Crippen LogP contribution in [-0.4, -0.2) is 28.0 Å². The largest absolute Gasteiger partial charge is 0.295 e. The number of nitrogens with zero attached hydrogens (tertiary/aromatic N) is 3. The van der Waals surface area contributed by atoms with Crippen LogP contribution in [0.2, 0.25) is 0 Å². The van der Waals surface area contributed by atoms with Gasteiger partial charge < -0.3 is 0 Å². The van der Waals surface area contributed by atoms with Gasteiger partial charge in [0.1, 0.15) is 0 Å². The Bertz CT molecular complexity index is 254. The maximum atomic E-state index is 4.32. The second kappa shape index (κ2) is 3.83. The molecule has 3 heteroatoms. The van der Waals surface area contributed by atoms with Crippen LogP contribution < -0.4 is 0 Å². The van der Waals surface area contributed by atoms with Crippen molar-refractivity contribution in [3.63, 3.8) is 0 Å². The minimum atomic E-state index is 0.427. The Morgan fingerprint density at radius 2 is 2.08 bits per heavy atom. The van der Waals surface area contributed by atoms with E-state index in [1.54, 1.807) is 12.4 Å². The zero-order valence-corrected chi connectivity index (χ0v) is 7.98. The zero-order chi connectivity index (χ0) is 9.10. The number of hydrogen-bond acceptors (Lipinski definition) is 3. The second-order valence-corrected chi connectivity index (χ2v) is 3.55. The first kappa shape index (κ1) is 8.63. The van der Waals surface area contributed by atoms with Crippen LogP contribution in [0, 0.1) is 0 Å². The Hall–Kier alpha value is -0.960. The maximum absolute atomic E-state index is 4.32. The van der Waals surface area contributed by atoms with Crippen LogP contribution in [0.25, 0.3) is 0 Å². The van der Waals surface area contributed by atoms with Crippen molar-refractivity contribution in [2.45, 2.75) is 25.8 Å². The Morgan fingerprint density at radius 3 is 2.69 bits per heavy atom. The van der Waals surface area contributed by atoms with Gasteiger partial charge in [-0.25, -0.2) is 0 Å². The molecule has 1 fully saturated rings. The van der Waals surface area contributed by atoms with E-state index in [1.165, 1.54) is 25.9 Å². The summed E-state index contributed by atoms with van der Waals surface area (Å²) in [7, 11) is 0. The third kappa shape index (κ3) is 1.86. The molecule has 0 bridgehead atoms. The van der Waals surface area contributed by atoms with Crippen molar-refractivity contribution < 1.29 is 0 Å². The van der Waals surface area contributed by atoms with E-state index in [0.29, 0.717) is 6.04 Å².